The minimum atomic E-state index is -4.20. The fraction of sp³-hybridized carbons (Fsp3) is 0.333. The number of rotatable bonds is 9. The Kier molecular flexibility index (Phi) is 7.52. The molecule has 0 saturated carbocycles. The molecular weight excluding hydrogens is 460 g/mol. The number of methoxy groups -OCH3 is 3. The molecule has 1 unspecified atom stereocenters. The maximum Gasteiger partial charge on any atom is 0.252 e. The summed E-state index contributed by atoms with van der Waals surface area (Å²) in [7, 11) is -0.0221. The summed E-state index contributed by atoms with van der Waals surface area (Å²) >= 11 is 5.90. The molecule has 1 aliphatic heterocycles. The van der Waals surface area contributed by atoms with E-state index in [4.69, 9.17) is 25.8 Å². The fourth-order valence-electron chi connectivity index (χ4n) is 3.37. The normalized spacial score (nSPS) is 16.9. The van der Waals surface area contributed by atoms with Gasteiger partial charge in [0.05, 0.1) is 30.7 Å². The lowest BCUT2D eigenvalue weighted by Gasteiger charge is -2.29. The molecule has 9 nitrogen and oxygen atoms in total. The highest BCUT2D eigenvalue weighted by Crippen LogP contribution is 2.30. The van der Waals surface area contributed by atoms with Crippen molar-refractivity contribution in [3.63, 3.8) is 0 Å². The van der Waals surface area contributed by atoms with E-state index in [1.165, 1.54) is 57.7 Å². The number of carbonyl (C=O) groups is 2. The van der Waals surface area contributed by atoms with E-state index in [-0.39, 0.29) is 17.9 Å². The molecule has 1 atom stereocenters. The molecule has 0 bridgehead atoms. The molecule has 2 aromatic carbocycles. The SMILES string of the molecule is COc1ccc(S(=O)(=O)N(CC(OC)OC)C2CC(=O)N(c3ccc(Cl)cc3)C2=O)cc1. The quantitative estimate of drug-likeness (QED) is 0.399. The van der Waals surface area contributed by atoms with Gasteiger partial charge in [-0.05, 0) is 48.5 Å². The van der Waals surface area contributed by atoms with Gasteiger partial charge in [0.25, 0.3) is 5.91 Å². The first-order chi connectivity index (χ1) is 15.2. The van der Waals surface area contributed by atoms with Crippen LogP contribution in [-0.4, -0.2) is 64.7 Å². The van der Waals surface area contributed by atoms with Crippen LogP contribution in [0.5, 0.6) is 5.75 Å². The van der Waals surface area contributed by atoms with Crippen molar-refractivity contribution in [2.75, 3.05) is 32.8 Å². The van der Waals surface area contributed by atoms with Crippen molar-refractivity contribution in [2.24, 2.45) is 0 Å². The first-order valence-electron chi connectivity index (χ1n) is 9.56. The van der Waals surface area contributed by atoms with Crippen LogP contribution < -0.4 is 9.64 Å². The summed E-state index contributed by atoms with van der Waals surface area (Å²) in [5.74, 6) is -0.716. The first-order valence-corrected chi connectivity index (χ1v) is 11.4. The van der Waals surface area contributed by atoms with Crippen LogP contribution in [0.25, 0.3) is 0 Å². The predicted molar refractivity (Wildman–Crippen MR) is 117 cm³/mol. The Morgan fingerprint density at radius 1 is 1.03 bits per heavy atom. The number of amides is 2. The van der Waals surface area contributed by atoms with Gasteiger partial charge in [0.15, 0.2) is 6.29 Å². The van der Waals surface area contributed by atoms with E-state index in [2.05, 4.69) is 0 Å². The van der Waals surface area contributed by atoms with E-state index >= 15 is 0 Å². The average Bonchev–Trinajstić information content (AvgIpc) is 3.08. The number of hydrogen-bond acceptors (Lipinski definition) is 7. The number of carbonyl (C=O) groups excluding carboxylic acids is 2. The van der Waals surface area contributed by atoms with Crippen LogP contribution in [0.1, 0.15) is 6.42 Å². The fourth-order valence-corrected chi connectivity index (χ4v) is 5.07. The Labute approximate surface area is 191 Å². The van der Waals surface area contributed by atoms with E-state index in [9.17, 15) is 18.0 Å². The van der Waals surface area contributed by atoms with Gasteiger partial charge in [-0.15, -0.1) is 0 Å². The summed E-state index contributed by atoms with van der Waals surface area (Å²) in [6.45, 7) is -0.292. The van der Waals surface area contributed by atoms with Gasteiger partial charge >= 0.3 is 0 Å². The second kappa shape index (κ2) is 9.97. The van der Waals surface area contributed by atoms with Crippen LogP contribution in [0.3, 0.4) is 0 Å². The van der Waals surface area contributed by atoms with Gasteiger partial charge in [0.2, 0.25) is 15.9 Å². The van der Waals surface area contributed by atoms with Gasteiger partial charge in [0, 0.05) is 19.2 Å². The van der Waals surface area contributed by atoms with Gasteiger partial charge in [-0.2, -0.15) is 4.31 Å². The number of imide groups is 1. The molecule has 11 heteroatoms. The highest BCUT2D eigenvalue weighted by molar-refractivity contribution is 7.89. The molecule has 1 aliphatic rings. The number of sulfonamides is 1. The molecule has 32 heavy (non-hydrogen) atoms. The van der Waals surface area contributed by atoms with Crippen molar-refractivity contribution in [3.05, 3.63) is 53.6 Å². The molecule has 3 rings (SSSR count). The van der Waals surface area contributed by atoms with Gasteiger partial charge < -0.3 is 14.2 Å². The molecule has 1 saturated heterocycles. The number of hydrogen-bond donors (Lipinski definition) is 0. The number of anilines is 1. The second-order valence-corrected chi connectivity index (χ2v) is 9.24. The Morgan fingerprint density at radius 2 is 1.62 bits per heavy atom. The topological polar surface area (TPSA) is 102 Å². The first kappa shape index (κ1) is 24.1. The van der Waals surface area contributed by atoms with Crippen LogP contribution >= 0.6 is 11.6 Å². The summed E-state index contributed by atoms with van der Waals surface area (Å²) in [4.78, 5) is 26.9. The third-order valence-electron chi connectivity index (χ3n) is 5.08. The van der Waals surface area contributed by atoms with Gasteiger partial charge in [-0.25, -0.2) is 13.3 Å². The summed E-state index contributed by atoms with van der Waals surface area (Å²) in [5, 5.41) is 0.441. The van der Waals surface area contributed by atoms with Crippen LogP contribution in [0, 0.1) is 0 Å². The van der Waals surface area contributed by atoms with Crippen molar-refractivity contribution in [1.82, 2.24) is 4.31 Å². The zero-order valence-electron chi connectivity index (χ0n) is 17.7. The largest absolute Gasteiger partial charge is 0.497 e. The van der Waals surface area contributed by atoms with Crippen molar-refractivity contribution in [2.45, 2.75) is 23.6 Å². The predicted octanol–water partition coefficient (Wildman–Crippen LogP) is 2.29. The van der Waals surface area contributed by atoms with Crippen LogP contribution in [0.2, 0.25) is 5.02 Å². The van der Waals surface area contributed by atoms with Gasteiger partial charge in [-0.1, -0.05) is 11.6 Å². The number of halogens is 1. The lowest BCUT2D eigenvalue weighted by atomic mass is 10.2. The highest BCUT2D eigenvalue weighted by Gasteiger charge is 2.47. The maximum absolute atomic E-state index is 13.5. The van der Waals surface area contributed by atoms with Crippen LogP contribution in [0.15, 0.2) is 53.4 Å². The Morgan fingerprint density at radius 3 is 2.16 bits per heavy atom. The molecule has 0 N–H and O–H groups in total. The van der Waals surface area contributed by atoms with Gasteiger partial charge in [0.1, 0.15) is 11.8 Å². The van der Waals surface area contributed by atoms with E-state index in [0.717, 1.165) is 9.21 Å². The van der Waals surface area contributed by atoms with E-state index in [1.54, 1.807) is 12.1 Å². The Balaban J connectivity index is 2.00. The number of ether oxygens (including phenoxy) is 3. The van der Waals surface area contributed by atoms with Crippen LogP contribution in [0.4, 0.5) is 5.69 Å². The summed E-state index contributed by atoms with van der Waals surface area (Å²) in [6, 6.07) is 10.6. The summed E-state index contributed by atoms with van der Waals surface area (Å²) < 4.78 is 43.4. The summed E-state index contributed by atoms with van der Waals surface area (Å²) in [6.07, 6.45) is -1.27. The molecule has 0 radical (unpaired) electrons. The van der Waals surface area contributed by atoms with Gasteiger partial charge in [-0.3, -0.25) is 9.59 Å². The highest BCUT2D eigenvalue weighted by atomic mass is 35.5. The smallest absolute Gasteiger partial charge is 0.252 e. The molecule has 0 aromatic heterocycles. The van der Waals surface area contributed by atoms with E-state index in [0.29, 0.717) is 16.5 Å². The van der Waals surface area contributed by atoms with Crippen LogP contribution in [-0.2, 0) is 29.1 Å². The minimum Gasteiger partial charge on any atom is -0.497 e. The lowest BCUT2D eigenvalue weighted by Crippen LogP contribution is -2.49. The standard InChI is InChI=1S/C21H23ClN2O7S/c1-29-16-8-10-17(11-9-16)32(27,28)23(13-20(30-2)31-3)18-12-19(25)24(21(18)26)15-6-4-14(22)5-7-15/h4-11,18,20H,12-13H2,1-3H3. The lowest BCUT2D eigenvalue weighted by molar-refractivity contribution is -0.125. The second-order valence-electron chi connectivity index (χ2n) is 6.91. The molecule has 1 fully saturated rings. The third kappa shape index (κ3) is 4.79. The van der Waals surface area contributed by atoms with Crippen molar-refractivity contribution < 1.29 is 32.2 Å². The molecule has 0 spiro atoms. The Hall–Kier alpha value is -2.50. The minimum absolute atomic E-state index is 0.0607. The molecule has 2 aromatic rings. The molecule has 0 aliphatic carbocycles. The van der Waals surface area contributed by atoms with E-state index in [1.807, 2.05) is 0 Å². The Bertz CT molecular complexity index is 1070. The summed E-state index contributed by atoms with van der Waals surface area (Å²) in [5.41, 5.74) is 0.309. The number of nitrogens with zero attached hydrogens (tertiary/aromatic N) is 2. The van der Waals surface area contributed by atoms with Crippen molar-refractivity contribution in [1.29, 1.82) is 0 Å². The monoisotopic (exact) mass is 482 g/mol. The molecule has 1 heterocycles. The van der Waals surface area contributed by atoms with E-state index < -0.39 is 34.2 Å². The molecule has 2 amide bonds. The zero-order chi connectivity index (χ0) is 23.5. The van der Waals surface area contributed by atoms with Crippen molar-refractivity contribution in [3.8, 4) is 5.75 Å². The molecule has 172 valence electrons. The maximum atomic E-state index is 13.5. The average molecular weight is 483 g/mol. The zero-order valence-corrected chi connectivity index (χ0v) is 19.3. The van der Waals surface area contributed by atoms with Crippen molar-refractivity contribution >= 4 is 39.1 Å². The third-order valence-corrected chi connectivity index (χ3v) is 7.22. The number of benzene rings is 2. The molecular formula is C21H23ClN2O7S.